The Morgan fingerprint density at radius 2 is 1.58 bits per heavy atom. The van der Waals surface area contributed by atoms with Crippen LogP contribution in [0.5, 0.6) is 11.5 Å². The highest BCUT2D eigenvalue weighted by molar-refractivity contribution is 6.31. The van der Waals surface area contributed by atoms with E-state index in [9.17, 15) is 9.59 Å². The van der Waals surface area contributed by atoms with Gasteiger partial charge >= 0.3 is 11.9 Å². The second-order valence-electron chi connectivity index (χ2n) is 5.36. The lowest BCUT2D eigenvalue weighted by atomic mass is 10.2. The van der Waals surface area contributed by atoms with Gasteiger partial charge in [0.2, 0.25) is 0 Å². The van der Waals surface area contributed by atoms with Crippen LogP contribution in [0.15, 0.2) is 42.5 Å². The van der Waals surface area contributed by atoms with Crippen molar-refractivity contribution in [1.29, 1.82) is 0 Å². The predicted octanol–water partition coefficient (Wildman–Crippen LogP) is 4.50. The third-order valence-corrected chi connectivity index (χ3v) is 3.86. The maximum atomic E-state index is 11.8. The summed E-state index contributed by atoms with van der Waals surface area (Å²) in [4.78, 5) is 23.6. The van der Waals surface area contributed by atoms with Crippen molar-refractivity contribution in [3.8, 4) is 11.5 Å². The van der Waals surface area contributed by atoms with E-state index >= 15 is 0 Å². The van der Waals surface area contributed by atoms with E-state index in [1.54, 1.807) is 24.3 Å². The Kier molecular flexibility index (Phi) is 6.38. The molecule has 0 saturated carbocycles. The van der Waals surface area contributed by atoms with Crippen molar-refractivity contribution in [2.24, 2.45) is 0 Å². The molecule has 0 spiro atoms. The molecular weight excluding hydrogens is 328 g/mol. The van der Waals surface area contributed by atoms with E-state index in [2.05, 4.69) is 0 Å². The minimum Gasteiger partial charge on any atom is -0.427 e. The van der Waals surface area contributed by atoms with Crippen molar-refractivity contribution in [2.45, 2.75) is 33.1 Å². The molecule has 0 unspecified atom stereocenters. The fourth-order valence-corrected chi connectivity index (χ4v) is 2.20. The van der Waals surface area contributed by atoms with E-state index in [0.717, 1.165) is 17.5 Å². The second kappa shape index (κ2) is 8.50. The molecule has 0 bridgehead atoms. The zero-order chi connectivity index (χ0) is 17.5. The van der Waals surface area contributed by atoms with Gasteiger partial charge in [-0.3, -0.25) is 9.59 Å². The Bertz CT molecular complexity index is 740. The van der Waals surface area contributed by atoms with Gasteiger partial charge in [-0.2, -0.15) is 0 Å². The summed E-state index contributed by atoms with van der Waals surface area (Å²) in [6.07, 6.45) is 0.772. The van der Waals surface area contributed by atoms with Crippen molar-refractivity contribution >= 4 is 23.5 Å². The SMILES string of the molecule is CCc1cccc(OC(=O)CCC(=O)Oc2ccc(Cl)c(C)c2)c1. The average Bonchev–Trinajstić information content (AvgIpc) is 2.56. The topological polar surface area (TPSA) is 52.6 Å². The molecule has 0 saturated heterocycles. The first-order valence-electron chi connectivity index (χ1n) is 7.74. The molecule has 0 heterocycles. The molecular formula is C19H19ClO4. The monoisotopic (exact) mass is 346 g/mol. The van der Waals surface area contributed by atoms with Crippen LogP contribution in [0.1, 0.15) is 30.9 Å². The molecule has 0 amide bonds. The maximum absolute atomic E-state index is 11.8. The van der Waals surface area contributed by atoms with E-state index in [4.69, 9.17) is 21.1 Å². The van der Waals surface area contributed by atoms with Crippen molar-refractivity contribution in [3.05, 3.63) is 58.6 Å². The van der Waals surface area contributed by atoms with Gasteiger partial charge in [-0.1, -0.05) is 30.7 Å². The Balaban J connectivity index is 1.82. The standard InChI is InChI=1S/C19H19ClO4/c1-3-14-5-4-6-15(12-14)23-18(21)9-10-19(22)24-16-7-8-17(20)13(2)11-16/h4-8,11-12H,3,9-10H2,1-2H3. The summed E-state index contributed by atoms with van der Waals surface area (Å²) in [5, 5.41) is 0.604. The van der Waals surface area contributed by atoms with E-state index in [-0.39, 0.29) is 12.8 Å². The molecule has 2 rings (SSSR count). The maximum Gasteiger partial charge on any atom is 0.311 e. The quantitative estimate of drug-likeness (QED) is 0.570. The van der Waals surface area contributed by atoms with Gasteiger partial charge in [0.1, 0.15) is 11.5 Å². The number of benzene rings is 2. The molecule has 4 nitrogen and oxygen atoms in total. The first-order valence-corrected chi connectivity index (χ1v) is 8.12. The third kappa shape index (κ3) is 5.39. The largest absolute Gasteiger partial charge is 0.427 e. The number of aryl methyl sites for hydroxylation is 2. The number of hydrogen-bond acceptors (Lipinski definition) is 4. The highest BCUT2D eigenvalue weighted by atomic mass is 35.5. The first kappa shape index (κ1) is 18.0. The van der Waals surface area contributed by atoms with Crippen LogP contribution in [0.4, 0.5) is 0 Å². The zero-order valence-corrected chi connectivity index (χ0v) is 14.4. The summed E-state index contributed by atoms with van der Waals surface area (Å²) in [6.45, 7) is 3.84. The summed E-state index contributed by atoms with van der Waals surface area (Å²) in [5.41, 5.74) is 1.90. The fourth-order valence-electron chi connectivity index (χ4n) is 2.08. The Hall–Kier alpha value is -2.33. The molecule has 0 atom stereocenters. The normalized spacial score (nSPS) is 10.3. The van der Waals surface area contributed by atoms with Gasteiger partial charge in [0, 0.05) is 5.02 Å². The number of halogens is 1. The van der Waals surface area contributed by atoms with Gasteiger partial charge in [-0.15, -0.1) is 0 Å². The Labute approximate surface area is 146 Å². The highest BCUT2D eigenvalue weighted by Gasteiger charge is 2.11. The van der Waals surface area contributed by atoms with Crippen molar-refractivity contribution < 1.29 is 19.1 Å². The molecule has 126 valence electrons. The molecule has 5 heteroatoms. The number of carbonyl (C=O) groups is 2. The molecule has 0 N–H and O–H groups in total. The van der Waals surface area contributed by atoms with Gasteiger partial charge in [-0.25, -0.2) is 0 Å². The number of rotatable bonds is 6. The van der Waals surface area contributed by atoms with Gasteiger partial charge in [0.15, 0.2) is 0 Å². The lowest BCUT2D eigenvalue weighted by Gasteiger charge is -2.07. The number of carbonyl (C=O) groups excluding carboxylic acids is 2. The molecule has 0 aliphatic carbocycles. The molecule has 0 fully saturated rings. The van der Waals surface area contributed by atoms with Crippen LogP contribution in [0, 0.1) is 6.92 Å². The first-order chi connectivity index (χ1) is 11.5. The summed E-state index contributed by atoms with van der Waals surface area (Å²) >= 11 is 5.92. The predicted molar refractivity (Wildman–Crippen MR) is 92.5 cm³/mol. The van der Waals surface area contributed by atoms with Crippen LogP contribution in [-0.4, -0.2) is 11.9 Å². The van der Waals surface area contributed by atoms with Crippen LogP contribution >= 0.6 is 11.6 Å². The van der Waals surface area contributed by atoms with E-state index in [0.29, 0.717) is 16.5 Å². The minimum absolute atomic E-state index is 0.0399. The molecule has 0 aliphatic rings. The Morgan fingerprint density at radius 1 is 0.958 bits per heavy atom. The average molecular weight is 347 g/mol. The molecule has 2 aromatic carbocycles. The molecule has 0 radical (unpaired) electrons. The van der Waals surface area contributed by atoms with E-state index in [1.807, 2.05) is 32.0 Å². The van der Waals surface area contributed by atoms with Crippen molar-refractivity contribution in [3.63, 3.8) is 0 Å². The van der Waals surface area contributed by atoms with E-state index in [1.165, 1.54) is 0 Å². The number of esters is 2. The lowest BCUT2D eigenvalue weighted by molar-refractivity contribution is -0.140. The van der Waals surface area contributed by atoms with E-state index < -0.39 is 11.9 Å². The Morgan fingerprint density at radius 3 is 2.17 bits per heavy atom. The van der Waals surface area contributed by atoms with Gasteiger partial charge in [0.25, 0.3) is 0 Å². The lowest BCUT2D eigenvalue weighted by Crippen LogP contribution is -2.14. The molecule has 24 heavy (non-hydrogen) atoms. The smallest absolute Gasteiger partial charge is 0.311 e. The summed E-state index contributed by atoms with van der Waals surface area (Å²) in [5.74, 6) is -0.0598. The van der Waals surface area contributed by atoms with Crippen LogP contribution in [0.3, 0.4) is 0 Å². The van der Waals surface area contributed by atoms with Crippen molar-refractivity contribution in [1.82, 2.24) is 0 Å². The number of hydrogen-bond donors (Lipinski definition) is 0. The zero-order valence-electron chi connectivity index (χ0n) is 13.7. The van der Waals surface area contributed by atoms with Crippen LogP contribution in [0.25, 0.3) is 0 Å². The molecule has 0 aromatic heterocycles. The number of ether oxygens (including phenoxy) is 2. The van der Waals surface area contributed by atoms with Gasteiger partial charge in [-0.05, 0) is 54.8 Å². The summed E-state index contributed by atoms with van der Waals surface area (Å²) in [6, 6.07) is 12.3. The summed E-state index contributed by atoms with van der Waals surface area (Å²) < 4.78 is 10.4. The van der Waals surface area contributed by atoms with Gasteiger partial charge < -0.3 is 9.47 Å². The third-order valence-electron chi connectivity index (χ3n) is 3.43. The van der Waals surface area contributed by atoms with Crippen molar-refractivity contribution in [2.75, 3.05) is 0 Å². The fraction of sp³-hybridized carbons (Fsp3) is 0.263. The molecule has 2 aromatic rings. The molecule has 0 aliphatic heterocycles. The van der Waals surface area contributed by atoms with Crippen LogP contribution in [0.2, 0.25) is 5.02 Å². The second-order valence-corrected chi connectivity index (χ2v) is 5.77. The van der Waals surface area contributed by atoms with Crippen LogP contribution < -0.4 is 9.47 Å². The summed E-state index contributed by atoms with van der Waals surface area (Å²) in [7, 11) is 0. The highest BCUT2D eigenvalue weighted by Crippen LogP contribution is 2.21. The van der Waals surface area contributed by atoms with Crippen LogP contribution in [-0.2, 0) is 16.0 Å². The van der Waals surface area contributed by atoms with Gasteiger partial charge in [0.05, 0.1) is 12.8 Å². The minimum atomic E-state index is -0.490.